The van der Waals surface area contributed by atoms with Gasteiger partial charge in [0, 0.05) is 17.1 Å². The van der Waals surface area contributed by atoms with Crippen LogP contribution in [0.3, 0.4) is 0 Å². The van der Waals surface area contributed by atoms with Crippen LogP contribution in [0.4, 0.5) is 0 Å². The Morgan fingerprint density at radius 3 is 2.64 bits per heavy atom. The molecule has 0 saturated heterocycles. The Morgan fingerprint density at radius 1 is 1.36 bits per heavy atom. The SMILES string of the molecule is CC(NC1CCC1)c1ccccc1Cl. The molecule has 1 aromatic rings. The maximum atomic E-state index is 6.12. The lowest BCUT2D eigenvalue weighted by atomic mass is 9.92. The molecule has 76 valence electrons. The fraction of sp³-hybridized carbons (Fsp3) is 0.500. The quantitative estimate of drug-likeness (QED) is 0.803. The highest BCUT2D eigenvalue weighted by Crippen LogP contribution is 2.26. The Morgan fingerprint density at radius 2 is 2.07 bits per heavy atom. The van der Waals surface area contributed by atoms with Crippen LogP contribution in [0.5, 0.6) is 0 Å². The molecule has 1 fully saturated rings. The number of hydrogen-bond donors (Lipinski definition) is 1. The maximum absolute atomic E-state index is 6.12. The number of benzene rings is 1. The van der Waals surface area contributed by atoms with Gasteiger partial charge in [-0.3, -0.25) is 0 Å². The molecular weight excluding hydrogens is 194 g/mol. The van der Waals surface area contributed by atoms with Crippen LogP contribution >= 0.6 is 11.6 Å². The zero-order valence-corrected chi connectivity index (χ0v) is 9.22. The second kappa shape index (κ2) is 4.33. The minimum absolute atomic E-state index is 0.369. The number of nitrogens with one attached hydrogen (secondary N) is 1. The highest BCUT2D eigenvalue weighted by atomic mass is 35.5. The third kappa shape index (κ3) is 2.10. The van der Waals surface area contributed by atoms with Gasteiger partial charge >= 0.3 is 0 Å². The van der Waals surface area contributed by atoms with Gasteiger partial charge in [-0.15, -0.1) is 0 Å². The normalized spacial score (nSPS) is 19.0. The van der Waals surface area contributed by atoms with E-state index in [1.54, 1.807) is 0 Å². The van der Waals surface area contributed by atoms with Crippen LogP contribution in [0.15, 0.2) is 24.3 Å². The number of hydrogen-bond acceptors (Lipinski definition) is 1. The second-order valence-corrected chi connectivity index (χ2v) is 4.44. The van der Waals surface area contributed by atoms with Crippen molar-refractivity contribution in [1.82, 2.24) is 5.32 Å². The molecule has 0 aliphatic heterocycles. The molecule has 1 aliphatic rings. The molecule has 1 nitrogen and oxygen atoms in total. The van der Waals surface area contributed by atoms with Gasteiger partial charge < -0.3 is 5.32 Å². The molecule has 0 heterocycles. The van der Waals surface area contributed by atoms with Crippen LogP contribution in [-0.2, 0) is 0 Å². The van der Waals surface area contributed by atoms with E-state index >= 15 is 0 Å². The van der Waals surface area contributed by atoms with Crippen molar-refractivity contribution in [1.29, 1.82) is 0 Å². The average Bonchev–Trinajstić information content (AvgIpc) is 2.12. The Balaban J connectivity index is 2.02. The first-order valence-corrected chi connectivity index (χ1v) is 5.65. The van der Waals surface area contributed by atoms with Crippen LogP contribution in [0.2, 0.25) is 5.02 Å². The fourth-order valence-corrected chi connectivity index (χ4v) is 2.14. The van der Waals surface area contributed by atoms with Crippen molar-refractivity contribution in [3.63, 3.8) is 0 Å². The van der Waals surface area contributed by atoms with Gasteiger partial charge in [-0.25, -0.2) is 0 Å². The summed E-state index contributed by atoms with van der Waals surface area (Å²) >= 11 is 6.12. The van der Waals surface area contributed by atoms with E-state index in [0.29, 0.717) is 12.1 Å². The third-order valence-corrected chi connectivity index (χ3v) is 3.31. The fourth-order valence-electron chi connectivity index (χ4n) is 1.84. The van der Waals surface area contributed by atoms with Gasteiger partial charge in [0.05, 0.1) is 0 Å². The molecule has 1 aliphatic carbocycles. The molecule has 0 bridgehead atoms. The summed E-state index contributed by atoms with van der Waals surface area (Å²) in [6.45, 7) is 2.18. The van der Waals surface area contributed by atoms with Crippen LogP contribution in [0.1, 0.15) is 37.8 Å². The van der Waals surface area contributed by atoms with E-state index in [2.05, 4.69) is 18.3 Å². The number of rotatable bonds is 3. The van der Waals surface area contributed by atoms with Crippen molar-refractivity contribution in [3.8, 4) is 0 Å². The summed E-state index contributed by atoms with van der Waals surface area (Å²) < 4.78 is 0. The van der Waals surface area contributed by atoms with Crippen molar-refractivity contribution in [2.45, 2.75) is 38.3 Å². The standard InChI is InChI=1S/C12H16ClN/c1-9(14-10-5-4-6-10)11-7-2-3-8-12(11)13/h2-3,7-10,14H,4-6H2,1H3. The lowest BCUT2D eigenvalue weighted by Crippen LogP contribution is -2.36. The molecular formula is C12H16ClN. The zero-order chi connectivity index (χ0) is 9.97. The lowest BCUT2D eigenvalue weighted by molar-refractivity contribution is 0.313. The Kier molecular flexibility index (Phi) is 3.09. The largest absolute Gasteiger partial charge is 0.307 e. The van der Waals surface area contributed by atoms with Crippen molar-refractivity contribution in [2.24, 2.45) is 0 Å². The van der Waals surface area contributed by atoms with Gasteiger partial charge in [0.1, 0.15) is 0 Å². The van der Waals surface area contributed by atoms with E-state index in [9.17, 15) is 0 Å². The van der Waals surface area contributed by atoms with Gasteiger partial charge in [0.2, 0.25) is 0 Å². The lowest BCUT2D eigenvalue weighted by Gasteiger charge is -2.30. The maximum Gasteiger partial charge on any atom is 0.0453 e. The van der Waals surface area contributed by atoms with Crippen molar-refractivity contribution in [3.05, 3.63) is 34.9 Å². The molecule has 1 atom stereocenters. The van der Waals surface area contributed by atoms with E-state index in [1.165, 1.54) is 24.8 Å². The zero-order valence-electron chi connectivity index (χ0n) is 8.46. The van der Waals surface area contributed by atoms with Crippen molar-refractivity contribution < 1.29 is 0 Å². The molecule has 0 aromatic heterocycles. The molecule has 0 spiro atoms. The first-order chi connectivity index (χ1) is 6.77. The topological polar surface area (TPSA) is 12.0 Å². The van der Waals surface area contributed by atoms with Gasteiger partial charge in [-0.05, 0) is 31.4 Å². The smallest absolute Gasteiger partial charge is 0.0453 e. The van der Waals surface area contributed by atoms with E-state index in [-0.39, 0.29) is 0 Å². The summed E-state index contributed by atoms with van der Waals surface area (Å²) in [5, 5.41) is 4.46. The van der Waals surface area contributed by atoms with E-state index in [0.717, 1.165) is 5.02 Å². The second-order valence-electron chi connectivity index (χ2n) is 4.04. The summed E-state index contributed by atoms with van der Waals surface area (Å²) in [5.41, 5.74) is 1.21. The minimum Gasteiger partial charge on any atom is -0.307 e. The summed E-state index contributed by atoms with van der Waals surface area (Å²) in [6, 6.07) is 9.15. The van der Waals surface area contributed by atoms with Crippen molar-refractivity contribution >= 4 is 11.6 Å². The summed E-state index contributed by atoms with van der Waals surface area (Å²) in [5.74, 6) is 0. The van der Waals surface area contributed by atoms with Crippen molar-refractivity contribution in [2.75, 3.05) is 0 Å². The number of halogens is 1. The molecule has 1 unspecified atom stereocenters. The van der Waals surface area contributed by atoms with E-state index < -0.39 is 0 Å². The van der Waals surface area contributed by atoms with Gasteiger partial charge in [-0.1, -0.05) is 36.2 Å². The van der Waals surface area contributed by atoms with Crippen LogP contribution < -0.4 is 5.32 Å². The molecule has 2 heteroatoms. The molecule has 1 saturated carbocycles. The third-order valence-electron chi connectivity index (χ3n) is 2.96. The molecule has 1 N–H and O–H groups in total. The highest BCUT2D eigenvalue weighted by molar-refractivity contribution is 6.31. The Hall–Kier alpha value is -0.530. The molecule has 2 rings (SSSR count). The molecule has 1 aromatic carbocycles. The van der Waals surface area contributed by atoms with Gasteiger partial charge in [0.15, 0.2) is 0 Å². The predicted molar refractivity (Wildman–Crippen MR) is 60.6 cm³/mol. The Labute approximate surface area is 90.5 Å². The summed E-state index contributed by atoms with van der Waals surface area (Å²) in [7, 11) is 0. The molecule has 0 amide bonds. The van der Waals surface area contributed by atoms with E-state index in [4.69, 9.17) is 11.6 Å². The average molecular weight is 210 g/mol. The Bertz CT molecular complexity index is 307. The monoisotopic (exact) mass is 209 g/mol. The minimum atomic E-state index is 0.369. The van der Waals surface area contributed by atoms with Crippen LogP contribution in [0, 0.1) is 0 Å². The highest BCUT2D eigenvalue weighted by Gasteiger charge is 2.20. The van der Waals surface area contributed by atoms with Gasteiger partial charge in [-0.2, -0.15) is 0 Å². The van der Waals surface area contributed by atoms with Crippen LogP contribution in [0.25, 0.3) is 0 Å². The van der Waals surface area contributed by atoms with Gasteiger partial charge in [0.25, 0.3) is 0 Å². The molecule has 0 radical (unpaired) electrons. The first kappa shape index (κ1) is 10.0. The van der Waals surface area contributed by atoms with Crippen LogP contribution in [-0.4, -0.2) is 6.04 Å². The van der Waals surface area contributed by atoms with E-state index in [1.807, 2.05) is 18.2 Å². The summed E-state index contributed by atoms with van der Waals surface area (Å²) in [4.78, 5) is 0. The predicted octanol–water partition coefficient (Wildman–Crippen LogP) is 3.54. The summed E-state index contributed by atoms with van der Waals surface area (Å²) in [6.07, 6.45) is 4.00. The molecule has 14 heavy (non-hydrogen) atoms. The first-order valence-electron chi connectivity index (χ1n) is 5.28.